The highest BCUT2D eigenvalue weighted by Gasteiger charge is 2.10. The molecule has 18 heavy (non-hydrogen) atoms. The number of anilines is 1. The second-order valence-corrected chi connectivity index (χ2v) is 4.56. The van der Waals surface area contributed by atoms with Crippen molar-refractivity contribution in [2.75, 3.05) is 5.73 Å². The summed E-state index contributed by atoms with van der Waals surface area (Å²) in [6.07, 6.45) is 0. The van der Waals surface area contributed by atoms with E-state index < -0.39 is 4.92 Å². The quantitative estimate of drug-likeness (QED) is 0.677. The van der Waals surface area contributed by atoms with Gasteiger partial charge in [-0.25, -0.2) is 4.98 Å². The van der Waals surface area contributed by atoms with Gasteiger partial charge in [0, 0.05) is 17.0 Å². The van der Waals surface area contributed by atoms with Crippen LogP contribution in [0.5, 0.6) is 5.75 Å². The lowest BCUT2D eigenvalue weighted by Crippen LogP contribution is -1.98. The zero-order valence-electron chi connectivity index (χ0n) is 9.62. The summed E-state index contributed by atoms with van der Waals surface area (Å²) in [6, 6.07) is 4.63. The van der Waals surface area contributed by atoms with E-state index in [1.807, 2.05) is 5.38 Å². The van der Waals surface area contributed by atoms with Gasteiger partial charge in [-0.15, -0.1) is 11.3 Å². The molecule has 1 heterocycles. The Morgan fingerprint density at radius 2 is 2.33 bits per heavy atom. The van der Waals surface area contributed by atoms with Crippen molar-refractivity contribution in [1.82, 2.24) is 4.98 Å². The molecule has 6 nitrogen and oxygen atoms in total. The summed E-state index contributed by atoms with van der Waals surface area (Å²) in [5.74, 6) is 0.574. The van der Waals surface area contributed by atoms with Crippen molar-refractivity contribution in [2.45, 2.75) is 13.5 Å². The molecular weight excluding hydrogens is 254 g/mol. The van der Waals surface area contributed by atoms with Gasteiger partial charge in [-0.05, 0) is 19.1 Å². The summed E-state index contributed by atoms with van der Waals surface area (Å²) >= 11 is 1.35. The third-order valence-corrected chi connectivity index (χ3v) is 3.04. The molecule has 2 aromatic rings. The Kier molecular flexibility index (Phi) is 3.42. The summed E-state index contributed by atoms with van der Waals surface area (Å²) in [4.78, 5) is 14.3. The summed E-state index contributed by atoms with van der Waals surface area (Å²) < 4.78 is 5.49. The summed E-state index contributed by atoms with van der Waals surface area (Å²) in [5.41, 5.74) is 6.89. The van der Waals surface area contributed by atoms with Crippen LogP contribution in [0.15, 0.2) is 23.6 Å². The first-order valence-corrected chi connectivity index (χ1v) is 6.02. The van der Waals surface area contributed by atoms with Crippen molar-refractivity contribution in [1.29, 1.82) is 0 Å². The molecule has 0 atom stereocenters. The highest BCUT2D eigenvalue weighted by atomic mass is 32.1. The maximum absolute atomic E-state index is 10.7. The fraction of sp³-hybridized carbons (Fsp3) is 0.182. The standard InChI is InChI=1S/C11H11N3O3S/c1-7-4-9(2-3-10(7)14(15)16)17-5-8-6-18-11(12)13-8/h2-4,6H,5H2,1H3,(H2,12,13). The van der Waals surface area contributed by atoms with Crippen LogP contribution in [0.3, 0.4) is 0 Å². The zero-order chi connectivity index (χ0) is 13.1. The van der Waals surface area contributed by atoms with Crippen LogP contribution >= 0.6 is 11.3 Å². The number of nitrogens with two attached hydrogens (primary N) is 1. The molecule has 0 radical (unpaired) electrons. The number of nitrogen functional groups attached to an aromatic ring is 1. The second-order valence-electron chi connectivity index (χ2n) is 3.67. The van der Waals surface area contributed by atoms with Crippen LogP contribution < -0.4 is 10.5 Å². The van der Waals surface area contributed by atoms with Gasteiger partial charge >= 0.3 is 0 Å². The van der Waals surface area contributed by atoms with E-state index >= 15 is 0 Å². The van der Waals surface area contributed by atoms with Crippen LogP contribution in [-0.2, 0) is 6.61 Å². The first-order chi connectivity index (χ1) is 8.56. The fourth-order valence-electron chi connectivity index (χ4n) is 1.47. The average molecular weight is 265 g/mol. The number of nitro groups is 1. The highest BCUT2D eigenvalue weighted by molar-refractivity contribution is 7.13. The number of aryl methyl sites for hydroxylation is 1. The Hall–Kier alpha value is -2.15. The molecule has 0 unspecified atom stereocenters. The topological polar surface area (TPSA) is 91.3 Å². The molecule has 94 valence electrons. The molecule has 0 aliphatic rings. The van der Waals surface area contributed by atoms with E-state index in [1.165, 1.54) is 17.4 Å². The van der Waals surface area contributed by atoms with Crippen molar-refractivity contribution >= 4 is 22.2 Å². The summed E-state index contributed by atoms with van der Waals surface area (Å²) in [7, 11) is 0. The smallest absolute Gasteiger partial charge is 0.272 e. The van der Waals surface area contributed by atoms with Crippen molar-refractivity contribution in [3.63, 3.8) is 0 Å². The number of nitro benzene ring substituents is 1. The van der Waals surface area contributed by atoms with Gasteiger partial charge in [-0.3, -0.25) is 10.1 Å². The fourth-order valence-corrected chi connectivity index (χ4v) is 2.02. The second kappa shape index (κ2) is 5.01. The van der Waals surface area contributed by atoms with Gasteiger partial charge in [0.15, 0.2) is 5.13 Å². The first-order valence-electron chi connectivity index (χ1n) is 5.14. The number of aromatic nitrogens is 1. The number of nitrogens with zero attached hydrogens (tertiary/aromatic N) is 2. The monoisotopic (exact) mass is 265 g/mol. The van der Waals surface area contributed by atoms with Crippen LogP contribution in [0.2, 0.25) is 0 Å². The normalized spacial score (nSPS) is 10.3. The van der Waals surface area contributed by atoms with Crippen LogP contribution in [0, 0.1) is 17.0 Å². The summed E-state index contributed by atoms with van der Waals surface area (Å²) in [5, 5.41) is 13.0. The van der Waals surface area contributed by atoms with E-state index in [9.17, 15) is 10.1 Å². The van der Waals surface area contributed by atoms with Gasteiger partial charge in [0.05, 0.1) is 10.6 Å². The van der Waals surface area contributed by atoms with E-state index in [4.69, 9.17) is 10.5 Å². The maximum atomic E-state index is 10.7. The molecule has 2 N–H and O–H groups in total. The minimum Gasteiger partial charge on any atom is -0.487 e. The number of ether oxygens (including phenoxy) is 1. The molecule has 1 aromatic heterocycles. The van der Waals surface area contributed by atoms with E-state index in [0.29, 0.717) is 23.1 Å². The van der Waals surface area contributed by atoms with Crippen LogP contribution in [0.4, 0.5) is 10.8 Å². The van der Waals surface area contributed by atoms with Gasteiger partial charge in [0.2, 0.25) is 0 Å². The Bertz CT molecular complexity index is 583. The number of hydrogen-bond acceptors (Lipinski definition) is 6. The van der Waals surface area contributed by atoms with Crippen molar-refractivity contribution < 1.29 is 9.66 Å². The predicted octanol–water partition coefficient (Wildman–Crippen LogP) is 2.52. The Labute approximate surface area is 107 Å². The highest BCUT2D eigenvalue weighted by Crippen LogP contribution is 2.23. The molecular formula is C11H11N3O3S. The number of rotatable bonds is 4. The lowest BCUT2D eigenvalue weighted by molar-refractivity contribution is -0.385. The van der Waals surface area contributed by atoms with Gasteiger partial charge < -0.3 is 10.5 Å². The summed E-state index contributed by atoms with van der Waals surface area (Å²) in [6.45, 7) is 1.97. The maximum Gasteiger partial charge on any atom is 0.272 e. The lowest BCUT2D eigenvalue weighted by atomic mass is 10.2. The Morgan fingerprint density at radius 3 is 2.89 bits per heavy atom. The van der Waals surface area contributed by atoms with E-state index in [-0.39, 0.29) is 5.69 Å². The Balaban J connectivity index is 2.06. The van der Waals surface area contributed by atoms with Crippen LogP contribution in [0.1, 0.15) is 11.3 Å². The van der Waals surface area contributed by atoms with Crippen molar-refractivity contribution in [3.05, 3.63) is 45.0 Å². The van der Waals surface area contributed by atoms with Crippen LogP contribution in [0.25, 0.3) is 0 Å². The molecule has 0 saturated carbocycles. The minimum atomic E-state index is -0.416. The first kappa shape index (κ1) is 12.3. The molecule has 0 aliphatic carbocycles. The third kappa shape index (κ3) is 2.75. The number of hydrogen-bond donors (Lipinski definition) is 1. The lowest BCUT2D eigenvalue weighted by Gasteiger charge is -2.05. The molecule has 7 heteroatoms. The van der Waals surface area contributed by atoms with E-state index in [2.05, 4.69) is 4.98 Å². The Morgan fingerprint density at radius 1 is 1.56 bits per heavy atom. The van der Waals surface area contributed by atoms with Crippen molar-refractivity contribution in [3.8, 4) is 5.75 Å². The number of benzene rings is 1. The zero-order valence-corrected chi connectivity index (χ0v) is 10.4. The molecule has 1 aromatic carbocycles. The van der Waals surface area contributed by atoms with E-state index in [1.54, 1.807) is 19.1 Å². The molecule has 2 rings (SSSR count). The minimum absolute atomic E-state index is 0.0836. The molecule has 0 saturated heterocycles. The average Bonchev–Trinajstić information content (AvgIpc) is 2.72. The third-order valence-electron chi connectivity index (χ3n) is 2.32. The molecule has 0 aliphatic heterocycles. The molecule has 0 amide bonds. The SMILES string of the molecule is Cc1cc(OCc2csc(N)n2)ccc1[N+](=O)[O-]. The van der Waals surface area contributed by atoms with Crippen LogP contribution in [-0.4, -0.2) is 9.91 Å². The van der Waals surface area contributed by atoms with Gasteiger partial charge in [-0.2, -0.15) is 0 Å². The predicted molar refractivity (Wildman–Crippen MR) is 68.7 cm³/mol. The molecule has 0 bridgehead atoms. The van der Waals surface area contributed by atoms with Gasteiger partial charge in [-0.1, -0.05) is 0 Å². The largest absolute Gasteiger partial charge is 0.487 e. The molecule has 0 spiro atoms. The van der Waals surface area contributed by atoms with Gasteiger partial charge in [0.1, 0.15) is 12.4 Å². The number of thiazole rings is 1. The van der Waals surface area contributed by atoms with Crippen molar-refractivity contribution in [2.24, 2.45) is 0 Å². The van der Waals surface area contributed by atoms with Gasteiger partial charge in [0.25, 0.3) is 5.69 Å². The van der Waals surface area contributed by atoms with E-state index in [0.717, 1.165) is 5.69 Å². The molecule has 0 fully saturated rings.